The highest BCUT2D eigenvalue weighted by Gasteiger charge is 2.26. The molecule has 1 heterocycles. The molecule has 0 aromatic heterocycles. The number of halogens is 1. The first-order valence-electron chi connectivity index (χ1n) is 10.1. The van der Waals surface area contributed by atoms with Gasteiger partial charge in [-0.1, -0.05) is 29.8 Å². The average molecular weight is 446 g/mol. The molecule has 1 aliphatic rings. The van der Waals surface area contributed by atoms with Crippen LogP contribution in [0.4, 0.5) is 5.69 Å². The van der Waals surface area contributed by atoms with Crippen LogP contribution in [0.15, 0.2) is 42.5 Å². The number of rotatable bonds is 8. The van der Waals surface area contributed by atoms with Crippen LogP contribution in [0.2, 0.25) is 5.02 Å². The summed E-state index contributed by atoms with van der Waals surface area (Å²) >= 11 is 6.40. The van der Waals surface area contributed by atoms with Crippen molar-refractivity contribution >= 4 is 29.2 Å². The highest BCUT2D eigenvalue weighted by Crippen LogP contribution is 2.30. The molecule has 0 aliphatic carbocycles. The summed E-state index contributed by atoms with van der Waals surface area (Å²) in [6.45, 7) is 3.83. The number of benzene rings is 2. The fourth-order valence-electron chi connectivity index (χ4n) is 3.71. The number of nitro groups is 1. The van der Waals surface area contributed by atoms with Gasteiger partial charge in [-0.3, -0.25) is 19.8 Å². The molecule has 0 bridgehead atoms. The topological polar surface area (TPSA) is 102 Å². The largest absolute Gasteiger partial charge is 0.462 e. The Labute approximate surface area is 185 Å². The van der Waals surface area contributed by atoms with Gasteiger partial charge in [0.2, 0.25) is 0 Å². The van der Waals surface area contributed by atoms with Gasteiger partial charge in [-0.2, -0.15) is 0 Å². The third-order valence-corrected chi connectivity index (χ3v) is 5.55. The van der Waals surface area contributed by atoms with Crippen LogP contribution in [0.1, 0.15) is 52.1 Å². The minimum absolute atomic E-state index is 0.0246. The van der Waals surface area contributed by atoms with E-state index < -0.39 is 16.8 Å². The number of non-ortho nitro benzene ring substituents is 1. The van der Waals surface area contributed by atoms with Crippen molar-refractivity contribution in [1.29, 1.82) is 0 Å². The number of nitrogens with zero attached hydrogens (tertiary/aromatic N) is 2. The van der Waals surface area contributed by atoms with Crippen LogP contribution < -0.4 is 5.32 Å². The van der Waals surface area contributed by atoms with E-state index in [4.69, 9.17) is 16.3 Å². The zero-order valence-electron chi connectivity index (χ0n) is 17.2. The van der Waals surface area contributed by atoms with Gasteiger partial charge in [0.05, 0.1) is 23.1 Å². The molecule has 8 nitrogen and oxygen atoms in total. The molecule has 164 valence electrons. The van der Waals surface area contributed by atoms with Crippen molar-refractivity contribution in [3.05, 3.63) is 74.3 Å². The summed E-state index contributed by atoms with van der Waals surface area (Å²) in [7, 11) is 0. The first kappa shape index (κ1) is 22.7. The lowest BCUT2D eigenvalue weighted by Crippen LogP contribution is -2.37. The Morgan fingerprint density at radius 2 is 1.87 bits per heavy atom. The standard InChI is InChI=1S/C22H24ClN3O5/c1-2-31-22(28)16-11-15(12-17(13-16)26(29)30)21(27)24-14-20(25-9-5-6-10-25)18-7-3-4-8-19(18)23/h3-4,7-8,11-13,20H,2,5-6,9-10,14H2,1H3,(H,24,27). The van der Waals surface area contributed by atoms with Crippen molar-refractivity contribution in [2.24, 2.45) is 0 Å². The van der Waals surface area contributed by atoms with Crippen molar-refractivity contribution in [1.82, 2.24) is 10.2 Å². The fourth-order valence-corrected chi connectivity index (χ4v) is 3.97. The molecule has 9 heteroatoms. The van der Waals surface area contributed by atoms with Gasteiger partial charge in [-0.15, -0.1) is 0 Å². The van der Waals surface area contributed by atoms with Crippen molar-refractivity contribution in [3.63, 3.8) is 0 Å². The van der Waals surface area contributed by atoms with Crippen LogP contribution in [-0.4, -0.2) is 47.9 Å². The van der Waals surface area contributed by atoms with Crippen LogP contribution in [0.25, 0.3) is 0 Å². The lowest BCUT2D eigenvalue weighted by Gasteiger charge is -2.29. The average Bonchev–Trinajstić information content (AvgIpc) is 3.29. The predicted molar refractivity (Wildman–Crippen MR) is 116 cm³/mol. The van der Waals surface area contributed by atoms with E-state index in [2.05, 4.69) is 10.2 Å². The number of likely N-dealkylation sites (tertiary alicyclic amines) is 1. The lowest BCUT2D eigenvalue weighted by atomic mass is 10.0. The smallest absolute Gasteiger partial charge is 0.338 e. The minimum Gasteiger partial charge on any atom is -0.462 e. The minimum atomic E-state index is -0.716. The summed E-state index contributed by atoms with van der Waals surface area (Å²) < 4.78 is 4.92. The molecule has 1 unspecified atom stereocenters. The SMILES string of the molecule is CCOC(=O)c1cc(C(=O)NCC(c2ccccc2Cl)N2CCCC2)cc([N+](=O)[O-])c1. The summed E-state index contributed by atoms with van der Waals surface area (Å²) in [5.41, 5.74) is 0.551. The van der Waals surface area contributed by atoms with Crippen LogP contribution in [0, 0.1) is 10.1 Å². The highest BCUT2D eigenvalue weighted by molar-refractivity contribution is 6.31. The molecule has 0 saturated carbocycles. The van der Waals surface area contributed by atoms with Gasteiger partial charge in [0.25, 0.3) is 11.6 Å². The Bertz CT molecular complexity index is 975. The Morgan fingerprint density at radius 1 is 1.19 bits per heavy atom. The van der Waals surface area contributed by atoms with Crippen LogP contribution in [0.5, 0.6) is 0 Å². The second-order valence-electron chi connectivity index (χ2n) is 7.24. The molecule has 1 fully saturated rings. The molecule has 1 amide bonds. The summed E-state index contributed by atoms with van der Waals surface area (Å²) in [5, 5.41) is 14.7. The summed E-state index contributed by atoms with van der Waals surface area (Å²) in [6, 6.07) is 10.9. The number of esters is 1. The highest BCUT2D eigenvalue weighted by atomic mass is 35.5. The zero-order chi connectivity index (χ0) is 22.4. The van der Waals surface area contributed by atoms with Gasteiger partial charge in [0.1, 0.15) is 0 Å². The van der Waals surface area contributed by atoms with Gasteiger partial charge in [0, 0.05) is 29.3 Å². The fraction of sp³-hybridized carbons (Fsp3) is 0.364. The lowest BCUT2D eigenvalue weighted by molar-refractivity contribution is -0.384. The second kappa shape index (κ2) is 10.4. The van der Waals surface area contributed by atoms with E-state index in [1.807, 2.05) is 24.3 Å². The number of carbonyl (C=O) groups is 2. The van der Waals surface area contributed by atoms with E-state index in [0.29, 0.717) is 5.02 Å². The number of amides is 1. The molecule has 31 heavy (non-hydrogen) atoms. The maximum atomic E-state index is 12.9. The van der Waals surface area contributed by atoms with Gasteiger partial charge in [-0.25, -0.2) is 4.79 Å². The number of hydrogen-bond donors (Lipinski definition) is 1. The monoisotopic (exact) mass is 445 g/mol. The molecule has 2 aromatic rings. The number of ether oxygens (including phenoxy) is 1. The maximum Gasteiger partial charge on any atom is 0.338 e. The normalized spacial score (nSPS) is 14.8. The molecule has 1 N–H and O–H groups in total. The Balaban J connectivity index is 1.83. The number of nitrogens with one attached hydrogen (secondary N) is 1. The van der Waals surface area contributed by atoms with E-state index in [1.165, 1.54) is 6.07 Å². The quantitative estimate of drug-likeness (QED) is 0.374. The molecule has 0 radical (unpaired) electrons. The maximum absolute atomic E-state index is 12.9. The summed E-state index contributed by atoms with van der Waals surface area (Å²) in [5.74, 6) is -1.23. The Morgan fingerprint density at radius 3 is 2.52 bits per heavy atom. The van der Waals surface area contributed by atoms with Crippen molar-refractivity contribution in [2.75, 3.05) is 26.2 Å². The second-order valence-corrected chi connectivity index (χ2v) is 7.64. The summed E-state index contributed by atoms with van der Waals surface area (Å²) in [4.78, 5) is 37.8. The number of carbonyl (C=O) groups excluding carboxylic acids is 2. The molecular formula is C22H24ClN3O5. The van der Waals surface area contributed by atoms with Crippen LogP contribution >= 0.6 is 11.6 Å². The molecular weight excluding hydrogens is 422 g/mol. The third-order valence-electron chi connectivity index (χ3n) is 5.20. The predicted octanol–water partition coefficient (Wildman–Crippen LogP) is 3.99. The van der Waals surface area contributed by atoms with E-state index in [-0.39, 0.29) is 36.0 Å². The Hall–Kier alpha value is -2.97. The molecule has 0 spiro atoms. The van der Waals surface area contributed by atoms with Crippen LogP contribution in [-0.2, 0) is 4.74 Å². The Kier molecular flexibility index (Phi) is 7.59. The molecule has 3 rings (SSSR count). The van der Waals surface area contributed by atoms with Crippen molar-refractivity contribution < 1.29 is 19.2 Å². The van der Waals surface area contributed by atoms with Gasteiger partial charge >= 0.3 is 5.97 Å². The molecule has 1 aliphatic heterocycles. The van der Waals surface area contributed by atoms with Crippen molar-refractivity contribution in [3.8, 4) is 0 Å². The molecule has 1 atom stereocenters. The first-order chi connectivity index (χ1) is 14.9. The number of hydrogen-bond acceptors (Lipinski definition) is 6. The zero-order valence-corrected chi connectivity index (χ0v) is 17.9. The van der Waals surface area contributed by atoms with E-state index in [1.54, 1.807) is 6.92 Å². The third kappa shape index (κ3) is 5.59. The van der Waals surface area contributed by atoms with E-state index in [9.17, 15) is 19.7 Å². The van der Waals surface area contributed by atoms with Crippen LogP contribution in [0.3, 0.4) is 0 Å². The number of nitro benzene ring substituents is 1. The first-order valence-corrected chi connectivity index (χ1v) is 10.5. The van der Waals surface area contributed by atoms with Gasteiger partial charge < -0.3 is 10.1 Å². The summed E-state index contributed by atoms with van der Waals surface area (Å²) in [6.07, 6.45) is 2.14. The molecule has 2 aromatic carbocycles. The van der Waals surface area contributed by atoms with Gasteiger partial charge in [-0.05, 0) is 50.6 Å². The van der Waals surface area contributed by atoms with Gasteiger partial charge in [0.15, 0.2) is 0 Å². The molecule has 1 saturated heterocycles. The van der Waals surface area contributed by atoms with E-state index >= 15 is 0 Å². The van der Waals surface area contributed by atoms with Crippen molar-refractivity contribution in [2.45, 2.75) is 25.8 Å². The van der Waals surface area contributed by atoms with E-state index in [0.717, 1.165) is 43.6 Å².